The number of rotatable bonds is 7. The minimum Gasteiger partial charge on any atom is -0.455 e. The summed E-state index contributed by atoms with van der Waals surface area (Å²) in [6.45, 7) is 9.50. The van der Waals surface area contributed by atoms with E-state index < -0.39 is 0 Å². The molecule has 2 heterocycles. The molecule has 3 rings (SSSR count). The zero-order valence-corrected chi connectivity index (χ0v) is 18.8. The van der Waals surface area contributed by atoms with Crippen LogP contribution < -0.4 is 10.2 Å². The maximum absolute atomic E-state index is 12.6. The second-order valence-electron chi connectivity index (χ2n) is 8.59. The Morgan fingerprint density at radius 3 is 2.16 bits per heavy atom. The highest BCUT2D eigenvalue weighted by Gasteiger charge is 2.28. The molecule has 7 nitrogen and oxygen atoms in total. The van der Waals surface area contributed by atoms with E-state index in [0.29, 0.717) is 31.9 Å². The van der Waals surface area contributed by atoms with Gasteiger partial charge in [0, 0.05) is 31.2 Å². The van der Waals surface area contributed by atoms with Gasteiger partial charge in [0.05, 0.1) is 5.92 Å². The predicted octanol–water partition coefficient (Wildman–Crippen LogP) is 4.12. The molecule has 166 valence electrons. The van der Waals surface area contributed by atoms with E-state index in [9.17, 15) is 9.59 Å². The van der Waals surface area contributed by atoms with E-state index >= 15 is 0 Å². The SMILES string of the molecule is CC(C)c1cccc(C(C)C)c1NC(=O)COC(=O)C1CCN(c2ncccn2)CC1. The summed E-state index contributed by atoms with van der Waals surface area (Å²) < 4.78 is 5.36. The number of ether oxygens (including phenoxy) is 1. The predicted molar refractivity (Wildman–Crippen MR) is 121 cm³/mol. The van der Waals surface area contributed by atoms with Gasteiger partial charge in [0.1, 0.15) is 0 Å². The molecule has 1 aromatic carbocycles. The summed E-state index contributed by atoms with van der Waals surface area (Å²) in [6.07, 6.45) is 4.74. The molecule has 1 aliphatic rings. The highest BCUT2D eigenvalue weighted by atomic mass is 16.5. The zero-order chi connectivity index (χ0) is 22.4. The van der Waals surface area contributed by atoms with Crippen molar-refractivity contribution < 1.29 is 14.3 Å². The number of hydrogen-bond acceptors (Lipinski definition) is 6. The lowest BCUT2D eigenvalue weighted by Crippen LogP contribution is -2.38. The Morgan fingerprint density at radius 2 is 1.61 bits per heavy atom. The van der Waals surface area contributed by atoms with E-state index in [0.717, 1.165) is 16.8 Å². The summed E-state index contributed by atoms with van der Waals surface area (Å²) in [5, 5.41) is 2.99. The maximum Gasteiger partial charge on any atom is 0.309 e. The van der Waals surface area contributed by atoms with Crippen LogP contribution in [0.4, 0.5) is 11.6 Å². The van der Waals surface area contributed by atoms with Gasteiger partial charge in [0.15, 0.2) is 6.61 Å². The Morgan fingerprint density at radius 1 is 1.03 bits per heavy atom. The first kappa shape index (κ1) is 22.7. The first-order valence-corrected chi connectivity index (χ1v) is 11.0. The number of carbonyl (C=O) groups is 2. The van der Waals surface area contributed by atoms with Crippen molar-refractivity contribution in [1.82, 2.24) is 9.97 Å². The van der Waals surface area contributed by atoms with Gasteiger partial charge in [-0.3, -0.25) is 9.59 Å². The van der Waals surface area contributed by atoms with Gasteiger partial charge in [-0.25, -0.2) is 9.97 Å². The molecule has 1 fully saturated rings. The molecule has 0 unspecified atom stereocenters. The van der Waals surface area contributed by atoms with Gasteiger partial charge < -0.3 is 15.0 Å². The molecule has 0 spiro atoms. The van der Waals surface area contributed by atoms with E-state index in [1.807, 2.05) is 18.2 Å². The van der Waals surface area contributed by atoms with E-state index in [4.69, 9.17) is 4.74 Å². The summed E-state index contributed by atoms with van der Waals surface area (Å²) in [4.78, 5) is 35.6. The van der Waals surface area contributed by atoms with Crippen molar-refractivity contribution in [2.24, 2.45) is 5.92 Å². The molecule has 0 aliphatic carbocycles. The second kappa shape index (κ2) is 10.4. The molecule has 1 saturated heterocycles. The summed E-state index contributed by atoms with van der Waals surface area (Å²) in [5.74, 6) is 0.398. The first-order chi connectivity index (χ1) is 14.9. The fourth-order valence-corrected chi connectivity index (χ4v) is 3.90. The Bertz CT molecular complexity index is 865. The van der Waals surface area contributed by atoms with Gasteiger partial charge in [-0.2, -0.15) is 0 Å². The number of nitrogens with zero attached hydrogens (tertiary/aromatic N) is 3. The van der Waals surface area contributed by atoms with Crippen molar-refractivity contribution in [3.05, 3.63) is 47.8 Å². The molecule has 7 heteroatoms. The van der Waals surface area contributed by atoms with E-state index in [-0.39, 0.29) is 36.2 Å². The molecule has 0 saturated carbocycles. The number of amides is 1. The number of esters is 1. The van der Waals surface area contributed by atoms with Gasteiger partial charge in [-0.05, 0) is 41.9 Å². The molecule has 0 atom stereocenters. The normalized spacial score (nSPS) is 14.7. The number of piperidine rings is 1. The molecule has 0 bridgehead atoms. The molecule has 1 amide bonds. The summed E-state index contributed by atoms with van der Waals surface area (Å²) >= 11 is 0. The number of hydrogen-bond donors (Lipinski definition) is 1. The number of carbonyl (C=O) groups excluding carboxylic acids is 2. The summed E-state index contributed by atoms with van der Waals surface area (Å²) in [6, 6.07) is 7.86. The fourth-order valence-electron chi connectivity index (χ4n) is 3.90. The molecule has 1 aliphatic heterocycles. The smallest absolute Gasteiger partial charge is 0.309 e. The van der Waals surface area contributed by atoms with Crippen molar-refractivity contribution in [2.75, 3.05) is 29.9 Å². The van der Waals surface area contributed by atoms with Crippen LogP contribution in [0.15, 0.2) is 36.7 Å². The highest BCUT2D eigenvalue weighted by molar-refractivity contribution is 5.94. The van der Waals surface area contributed by atoms with Gasteiger partial charge in [0.25, 0.3) is 5.91 Å². The molecule has 2 aromatic rings. The lowest BCUT2D eigenvalue weighted by Gasteiger charge is -2.30. The van der Waals surface area contributed by atoms with Crippen molar-refractivity contribution in [1.29, 1.82) is 0 Å². The number of benzene rings is 1. The minimum absolute atomic E-state index is 0.207. The Kier molecular flexibility index (Phi) is 7.60. The Labute approximate surface area is 184 Å². The van der Waals surface area contributed by atoms with Gasteiger partial charge in [-0.1, -0.05) is 45.9 Å². The number of anilines is 2. The average molecular weight is 425 g/mol. The molecular formula is C24H32N4O3. The molecular weight excluding hydrogens is 392 g/mol. The topological polar surface area (TPSA) is 84.4 Å². The largest absolute Gasteiger partial charge is 0.455 e. The van der Waals surface area contributed by atoms with Crippen molar-refractivity contribution in [3.8, 4) is 0 Å². The van der Waals surface area contributed by atoms with Crippen molar-refractivity contribution in [2.45, 2.75) is 52.4 Å². The van der Waals surface area contributed by atoms with Crippen LogP contribution in [0.5, 0.6) is 0 Å². The highest BCUT2D eigenvalue weighted by Crippen LogP contribution is 2.32. The Hall–Kier alpha value is -2.96. The third kappa shape index (κ3) is 5.81. The van der Waals surface area contributed by atoms with Crippen LogP contribution in [0.25, 0.3) is 0 Å². The van der Waals surface area contributed by atoms with E-state index in [1.54, 1.807) is 18.5 Å². The lowest BCUT2D eigenvalue weighted by molar-refractivity contribution is -0.152. The maximum atomic E-state index is 12.6. The monoisotopic (exact) mass is 424 g/mol. The molecule has 31 heavy (non-hydrogen) atoms. The average Bonchev–Trinajstić information content (AvgIpc) is 2.78. The van der Waals surface area contributed by atoms with Gasteiger partial charge >= 0.3 is 5.97 Å². The number of para-hydroxylation sites is 1. The van der Waals surface area contributed by atoms with Gasteiger partial charge in [0.2, 0.25) is 5.95 Å². The van der Waals surface area contributed by atoms with Crippen LogP contribution in [0.2, 0.25) is 0 Å². The number of aromatic nitrogens is 2. The molecule has 1 N–H and O–H groups in total. The van der Waals surface area contributed by atoms with Crippen LogP contribution in [-0.4, -0.2) is 41.5 Å². The van der Waals surface area contributed by atoms with Crippen molar-refractivity contribution >= 4 is 23.5 Å². The fraction of sp³-hybridized carbons (Fsp3) is 0.500. The lowest BCUT2D eigenvalue weighted by atomic mass is 9.92. The van der Waals surface area contributed by atoms with Crippen molar-refractivity contribution in [3.63, 3.8) is 0 Å². The summed E-state index contributed by atoms with van der Waals surface area (Å²) in [7, 11) is 0. The van der Waals surface area contributed by atoms with E-state index in [1.165, 1.54) is 0 Å². The first-order valence-electron chi connectivity index (χ1n) is 11.0. The Balaban J connectivity index is 1.53. The second-order valence-corrected chi connectivity index (χ2v) is 8.59. The zero-order valence-electron chi connectivity index (χ0n) is 18.8. The number of nitrogens with one attached hydrogen (secondary N) is 1. The third-order valence-electron chi connectivity index (χ3n) is 5.65. The van der Waals surface area contributed by atoms with E-state index in [2.05, 4.69) is 47.9 Å². The van der Waals surface area contributed by atoms with Crippen LogP contribution in [0.1, 0.15) is 63.5 Å². The van der Waals surface area contributed by atoms with Crippen LogP contribution in [-0.2, 0) is 14.3 Å². The standard InChI is InChI=1S/C24H32N4O3/c1-16(2)19-7-5-8-20(17(3)4)22(19)27-21(29)15-31-23(30)18-9-13-28(14-10-18)24-25-11-6-12-26-24/h5-8,11-12,16-18H,9-10,13-15H2,1-4H3,(H,27,29). The van der Waals surface area contributed by atoms with Crippen LogP contribution >= 0.6 is 0 Å². The summed E-state index contributed by atoms with van der Waals surface area (Å²) in [5.41, 5.74) is 3.01. The van der Waals surface area contributed by atoms with Crippen LogP contribution in [0, 0.1) is 5.92 Å². The molecule has 1 aromatic heterocycles. The third-order valence-corrected chi connectivity index (χ3v) is 5.65. The quantitative estimate of drug-likeness (QED) is 0.673. The molecule has 0 radical (unpaired) electrons. The van der Waals surface area contributed by atoms with Gasteiger partial charge in [-0.15, -0.1) is 0 Å². The minimum atomic E-state index is -0.315. The van der Waals surface area contributed by atoms with Crippen LogP contribution in [0.3, 0.4) is 0 Å².